The number of anilines is 3. The normalized spacial score (nSPS) is 11.4. The fraction of sp³-hybridized carbons (Fsp3) is 0.100. The molecule has 2 aromatic carbocycles. The number of halogens is 1. The monoisotopic (exact) mass is 460 g/mol. The Labute approximate surface area is 181 Å². The van der Waals surface area contributed by atoms with Crippen LogP contribution in [0.2, 0.25) is 0 Å². The summed E-state index contributed by atoms with van der Waals surface area (Å²) in [5, 5.41) is 6.86. The summed E-state index contributed by atoms with van der Waals surface area (Å²) in [5.41, 5.74) is 2.84. The molecule has 4 rings (SSSR count). The summed E-state index contributed by atoms with van der Waals surface area (Å²) in [6.45, 7) is 3.93. The molecule has 6 nitrogen and oxygen atoms in total. The van der Waals surface area contributed by atoms with Gasteiger partial charge in [-0.15, -0.1) is 22.7 Å². The molecule has 0 amide bonds. The molecule has 0 bridgehead atoms. The van der Waals surface area contributed by atoms with Crippen molar-refractivity contribution in [1.82, 2.24) is 9.97 Å². The Morgan fingerprint density at radius 2 is 1.60 bits per heavy atom. The molecule has 0 spiro atoms. The van der Waals surface area contributed by atoms with Crippen LogP contribution in [0.3, 0.4) is 0 Å². The lowest BCUT2D eigenvalue weighted by Crippen LogP contribution is -2.12. The number of aromatic nitrogens is 2. The van der Waals surface area contributed by atoms with Crippen molar-refractivity contribution in [3.8, 4) is 10.6 Å². The lowest BCUT2D eigenvalue weighted by atomic mass is 10.3. The number of thiazole rings is 2. The summed E-state index contributed by atoms with van der Waals surface area (Å²) < 4.78 is 40.4. The first kappa shape index (κ1) is 20.5. The number of nitrogens with zero attached hydrogens (tertiary/aromatic N) is 2. The van der Waals surface area contributed by atoms with E-state index < -0.39 is 15.8 Å². The third-order valence-corrected chi connectivity index (χ3v) is 7.40. The van der Waals surface area contributed by atoms with E-state index in [9.17, 15) is 12.8 Å². The van der Waals surface area contributed by atoms with Gasteiger partial charge in [-0.1, -0.05) is 0 Å². The van der Waals surface area contributed by atoms with Gasteiger partial charge in [0, 0.05) is 16.8 Å². The fourth-order valence-electron chi connectivity index (χ4n) is 2.78. The quantitative estimate of drug-likeness (QED) is 0.393. The highest BCUT2D eigenvalue weighted by Gasteiger charge is 2.15. The summed E-state index contributed by atoms with van der Waals surface area (Å²) in [5.74, 6) is -0.431. The molecule has 0 aliphatic rings. The number of hydrogen-bond acceptors (Lipinski definition) is 7. The zero-order valence-electron chi connectivity index (χ0n) is 16.0. The molecule has 30 heavy (non-hydrogen) atoms. The predicted octanol–water partition coefficient (Wildman–Crippen LogP) is 5.57. The van der Waals surface area contributed by atoms with Crippen LogP contribution in [0.1, 0.15) is 10.7 Å². The predicted molar refractivity (Wildman–Crippen MR) is 120 cm³/mol. The van der Waals surface area contributed by atoms with Crippen molar-refractivity contribution in [3.63, 3.8) is 0 Å². The number of rotatable bonds is 6. The highest BCUT2D eigenvalue weighted by atomic mass is 32.2. The fourth-order valence-corrected chi connectivity index (χ4v) is 5.51. The third kappa shape index (κ3) is 4.50. The zero-order chi connectivity index (χ0) is 21.3. The summed E-state index contributed by atoms with van der Waals surface area (Å²) in [6.07, 6.45) is 0. The second kappa shape index (κ2) is 8.13. The Kier molecular flexibility index (Phi) is 5.54. The highest BCUT2D eigenvalue weighted by molar-refractivity contribution is 7.92. The minimum absolute atomic E-state index is 0.105. The van der Waals surface area contributed by atoms with Gasteiger partial charge in [-0.2, -0.15) is 0 Å². The van der Waals surface area contributed by atoms with Crippen molar-refractivity contribution in [2.24, 2.45) is 0 Å². The topological polar surface area (TPSA) is 84.0 Å². The van der Waals surface area contributed by atoms with Gasteiger partial charge >= 0.3 is 0 Å². The minimum atomic E-state index is -3.77. The molecule has 4 aromatic rings. The molecular weight excluding hydrogens is 443 g/mol. The van der Waals surface area contributed by atoms with Gasteiger partial charge in [0.2, 0.25) is 0 Å². The maximum atomic E-state index is 13.0. The van der Waals surface area contributed by atoms with Crippen molar-refractivity contribution >= 4 is 49.2 Å². The smallest absolute Gasteiger partial charge is 0.261 e. The van der Waals surface area contributed by atoms with Gasteiger partial charge in [-0.25, -0.2) is 22.8 Å². The molecule has 2 N–H and O–H groups in total. The number of hydrogen-bond donors (Lipinski definition) is 2. The molecule has 0 unspecified atom stereocenters. The van der Waals surface area contributed by atoms with Crippen LogP contribution in [0.5, 0.6) is 0 Å². The van der Waals surface area contributed by atoms with Gasteiger partial charge in [0.15, 0.2) is 5.13 Å². The summed E-state index contributed by atoms with van der Waals surface area (Å²) >= 11 is 3.07. The summed E-state index contributed by atoms with van der Waals surface area (Å²) in [4.78, 5) is 10.2. The molecule has 154 valence electrons. The number of sulfonamides is 1. The first-order valence-electron chi connectivity index (χ1n) is 8.85. The Bertz CT molecular complexity index is 1280. The molecule has 0 aliphatic heterocycles. The van der Waals surface area contributed by atoms with E-state index in [0.29, 0.717) is 16.5 Å². The van der Waals surface area contributed by atoms with Crippen LogP contribution in [0.15, 0.2) is 58.8 Å². The second-order valence-electron chi connectivity index (χ2n) is 6.45. The second-order valence-corrected chi connectivity index (χ2v) is 10.2. The van der Waals surface area contributed by atoms with E-state index >= 15 is 0 Å². The van der Waals surface area contributed by atoms with Gasteiger partial charge in [0.25, 0.3) is 10.0 Å². The highest BCUT2D eigenvalue weighted by Crippen LogP contribution is 2.33. The van der Waals surface area contributed by atoms with E-state index in [1.165, 1.54) is 47.7 Å². The summed E-state index contributed by atoms with van der Waals surface area (Å²) in [6, 6.07) is 11.5. The van der Waals surface area contributed by atoms with Crippen LogP contribution < -0.4 is 10.0 Å². The van der Waals surface area contributed by atoms with Gasteiger partial charge in [0.05, 0.1) is 26.2 Å². The van der Waals surface area contributed by atoms with Crippen LogP contribution >= 0.6 is 22.7 Å². The number of aryl methyl sites for hydroxylation is 2. The van der Waals surface area contributed by atoms with Gasteiger partial charge in [-0.05, 0) is 62.4 Å². The molecular formula is C20H17FN4O2S3. The molecule has 0 saturated carbocycles. The molecule has 2 aromatic heterocycles. The van der Waals surface area contributed by atoms with Crippen molar-refractivity contribution < 1.29 is 12.8 Å². The third-order valence-electron chi connectivity index (χ3n) is 4.15. The van der Waals surface area contributed by atoms with Crippen molar-refractivity contribution in [1.29, 1.82) is 0 Å². The van der Waals surface area contributed by atoms with E-state index in [0.717, 1.165) is 21.3 Å². The zero-order valence-corrected chi connectivity index (χ0v) is 18.5. The minimum Gasteiger partial charge on any atom is -0.332 e. The Morgan fingerprint density at radius 1 is 0.933 bits per heavy atom. The van der Waals surface area contributed by atoms with Crippen LogP contribution in [-0.4, -0.2) is 18.4 Å². The SMILES string of the molecule is Cc1nc(C)c(-c2csc(Nc3ccc(S(=O)(=O)Nc4ccc(F)cc4)cc3)n2)s1. The Balaban J connectivity index is 1.47. The van der Waals surface area contributed by atoms with E-state index in [2.05, 4.69) is 20.0 Å². The average molecular weight is 461 g/mol. The number of benzene rings is 2. The first-order valence-corrected chi connectivity index (χ1v) is 12.0. The standard InChI is InChI=1S/C20H17FN4O2S3/c1-12-19(29-13(2)22-12)18-11-28-20(24-18)23-15-7-9-17(10-8-15)30(26,27)25-16-5-3-14(21)4-6-16/h3-11,25H,1-2H3,(H,23,24). The molecule has 0 fully saturated rings. The number of nitrogens with one attached hydrogen (secondary N) is 2. The largest absolute Gasteiger partial charge is 0.332 e. The molecule has 10 heteroatoms. The lowest BCUT2D eigenvalue weighted by molar-refractivity contribution is 0.601. The maximum absolute atomic E-state index is 13.0. The Hall–Kier alpha value is -2.82. The van der Waals surface area contributed by atoms with Crippen molar-refractivity contribution in [2.45, 2.75) is 18.7 Å². The molecule has 0 radical (unpaired) electrons. The Morgan fingerprint density at radius 3 is 2.23 bits per heavy atom. The summed E-state index contributed by atoms with van der Waals surface area (Å²) in [7, 11) is -3.77. The van der Waals surface area contributed by atoms with E-state index in [1.54, 1.807) is 23.5 Å². The molecule has 0 saturated heterocycles. The van der Waals surface area contributed by atoms with Crippen molar-refractivity contribution in [2.75, 3.05) is 10.0 Å². The van der Waals surface area contributed by atoms with Crippen molar-refractivity contribution in [3.05, 3.63) is 70.4 Å². The van der Waals surface area contributed by atoms with Gasteiger partial charge in [0.1, 0.15) is 5.82 Å². The van der Waals surface area contributed by atoms with E-state index in [1.807, 2.05) is 19.2 Å². The molecule has 0 atom stereocenters. The molecule has 2 heterocycles. The average Bonchev–Trinajstić information content (AvgIpc) is 3.29. The van der Waals surface area contributed by atoms with Gasteiger partial charge < -0.3 is 5.32 Å². The first-order chi connectivity index (χ1) is 14.3. The van der Waals surface area contributed by atoms with Crippen LogP contribution in [-0.2, 0) is 10.0 Å². The maximum Gasteiger partial charge on any atom is 0.261 e. The van der Waals surface area contributed by atoms with Crippen LogP contribution in [0.4, 0.5) is 20.9 Å². The van der Waals surface area contributed by atoms with Gasteiger partial charge in [-0.3, -0.25) is 4.72 Å². The van der Waals surface area contributed by atoms with Crippen LogP contribution in [0.25, 0.3) is 10.6 Å². The van der Waals surface area contributed by atoms with E-state index in [-0.39, 0.29) is 4.90 Å². The lowest BCUT2D eigenvalue weighted by Gasteiger charge is -2.09. The van der Waals surface area contributed by atoms with E-state index in [4.69, 9.17) is 0 Å². The molecule has 0 aliphatic carbocycles. The van der Waals surface area contributed by atoms with Crippen LogP contribution in [0, 0.1) is 19.7 Å².